The first kappa shape index (κ1) is 13.5. The molecule has 1 aliphatic rings. The minimum Gasteiger partial charge on any atom is -0.497 e. The van der Waals surface area contributed by atoms with Crippen LogP contribution >= 0.6 is 0 Å². The number of hydrogen-bond acceptors (Lipinski definition) is 3. The quantitative estimate of drug-likeness (QED) is 0.878. The molecular formula is C15H17N3O3. The first-order valence-electron chi connectivity index (χ1n) is 6.86. The van der Waals surface area contributed by atoms with Crippen molar-refractivity contribution in [3.05, 3.63) is 51.4 Å². The van der Waals surface area contributed by atoms with Gasteiger partial charge in [-0.2, -0.15) is 0 Å². The molecule has 0 bridgehead atoms. The molecule has 2 aromatic rings. The highest BCUT2D eigenvalue weighted by molar-refractivity contribution is 5.79. The number of nitrogens with zero attached hydrogens (tertiary/aromatic N) is 1. The summed E-state index contributed by atoms with van der Waals surface area (Å²) in [7, 11) is 1.61. The fourth-order valence-electron chi connectivity index (χ4n) is 2.58. The Balaban J connectivity index is 1.67. The second-order valence-electron chi connectivity index (χ2n) is 5.13. The lowest BCUT2D eigenvalue weighted by Crippen LogP contribution is -2.37. The maximum absolute atomic E-state index is 12.3. The molecule has 0 fully saturated rings. The highest BCUT2D eigenvalue weighted by atomic mass is 16.5. The van der Waals surface area contributed by atoms with Crippen molar-refractivity contribution in [1.29, 1.82) is 0 Å². The van der Waals surface area contributed by atoms with Gasteiger partial charge in [0.1, 0.15) is 5.75 Å². The summed E-state index contributed by atoms with van der Waals surface area (Å²) in [6, 6.07) is 7.48. The smallest absolute Gasteiger partial charge is 0.267 e. The number of benzene rings is 1. The zero-order chi connectivity index (χ0) is 14.8. The van der Waals surface area contributed by atoms with Gasteiger partial charge in [0.05, 0.1) is 25.8 Å². The second-order valence-corrected chi connectivity index (χ2v) is 5.13. The third-order valence-corrected chi connectivity index (χ3v) is 3.81. The van der Waals surface area contributed by atoms with Crippen molar-refractivity contribution in [2.75, 3.05) is 13.7 Å². The van der Waals surface area contributed by atoms with Crippen LogP contribution in [0.15, 0.2) is 29.1 Å². The Hall–Kier alpha value is -2.50. The first-order chi connectivity index (χ1) is 10.2. The Morgan fingerprint density at radius 2 is 2.05 bits per heavy atom. The fraction of sp³-hybridized carbons (Fsp3) is 0.333. The summed E-state index contributed by atoms with van der Waals surface area (Å²) in [4.78, 5) is 25.6. The molecule has 21 heavy (non-hydrogen) atoms. The van der Waals surface area contributed by atoms with Crippen molar-refractivity contribution in [3.8, 4) is 5.75 Å². The molecule has 1 amide bonds. The molecule has 6 heteroatoms. The first-order valence-corrected chi connectivity index (χ1v) is 6.86. The van der Waals surface area contributed by atoms with E-state index in [-0.39, 0.29) is 11.5 Å². The number of rotatable bonds is 3. The van der Waals surface area contributed by atoms with Gasteiger partial charge in [-0.3, -0.25) is 14.7 Å². The number of amides is 1. The predicted molar refractivity (Wildman–Crippen MR) is 77.2 cm³/mol. The molecule has 0 saturated heterocycles. The number of fused-ring (bicyclic) bond motifs is 1. The lowest BCUT2D eigenvalue weighted by Gasteiger charge is -2.26. The van der Waals surface area contributed by atoms with Crippen LogP contribution in [0.1, 0.15) is 16.8 Å². The summed E-state index contributed by atoms with van der Waals surface area (Å²) < 4.78 is 5.10. The standard InChI is InChI=1S/C15H17N3O3/c1-21-11-4-2-10(3-5-11)8-14(19)18-7-6-12-13(9-18)16-17-15(12)20/h2-5H,6-9H2,1H3,(H2,16,17,20). The van der Waals surface area contributed by atoms with Crippen LogP contribution in [0.2, 0.25) is 0 Å². The molecule has 0 radical (unpaired) electrons. The minimum absolute atomic E-state index is 0.0628. The van der Waals surface area contributed by atoms with Crippen molar-refractivity contribution >= 4 is 5.91 Å². The topological polar surface area (TPSA) is 78.2 Å². The number of ether oxygens (including phenoxy) is 1. The normalized spacial score (nSPS) is 13.9. The van der Waals surface area contributed by atoms with Gasteiger partial charge in [0.15, 0.2) is 0 Å². The van der Waals surface area contributed by atoms with Crippen LogP contribution < -0.4 is 10.3 Å². The van der Waals surface area contributed by atoms with Crippen LogP contribution in [0.25, 0.3) is 0 Å². The van der Waals surface area contributed by atoms with Gasteiger partial charge in [-0.25, -0.2) is 0 Å². The third-order valence-electron chi connectivity index (χ3n) is 3.81. The van der Waals surface area contributed by atoms with Crippen LogP contribution in [-0.2, 0) is 24.2 Å². The number of carbonyl (C=O) groups is 1. The summed E-state index contributed by atoms with van der Waals surface area (Å²) in [5.74, 6) is 0.839. The van der Waals surface area contributed by atoms with Gasteiger partial charge in [0.25, 0.3) is 5.56 Å². The summed E-state index contributed by atoms with van der Waals surface area (Å²) in [5, 5.41) is 5.41. The summed E-state index contributed by atoms with van der Waals surface area (Å²) >= 11 is 0. The third kappa shape index (κ3) is 2.69. The molecule has 0 spiro atoms. The van der Waals surface area contributed by atoms with Gasteiger partial charge in [-0.1, -0.05) is 12.1 Å². The second kappa shape index (κ2) is 5.47. The van der Waals surface area contributed by atoms with Gasteiger partial charge >= 0.3 is 0 Å². The lowest BCUT2D eigenvalue weighted by molar-refractivity contribution is -0.131. The van der Waals surface area contributed by atoms with E-state index in [4.69, 9.17) is 4.74 Å². The number of H-pyrrole nitrogens is 2. The Kier molecular flexibility index (Phi) is 3.51. The number of hydrogen-bond donors (Lipinski definition) is 2. The number of nitrogens with one attached hydrogen (secondary N) is 2. The van der Waals surface area contributed by atoms with Gasteiger partial charge in [0, 0.05) is 12.1 Å². The largest absolute Gasteiger partial charge is 0.497 e. The molecule has 110 valence electrons. The Bertz CT molecular complexity index is 700. The van der Waals surface area contributed by atoms with Crippen molar-refractivity contribution in [1.82, 2.24) is 15.1 Å². The molecule has 0 atom stereocenters. The van der Waals surface area contributed by atoms with Crippen molar-refractivity contribution in [2.45, 2.75) is 19.4 Å². The number of aromatic amines is 2. The summed E-state index contributed by atoms with van der Waals surface area (Å²) in [5.41, 5.74) is 2.46. The van der Waals surface area contributed by atoms with E-state index >= 15 is 0 Å². The van der Waals surface area contributed by atoms with Gasteiger partial charge in [-0.05, 0) is 24.1 Å². The molecule has 0 aliphatic carbocycles. The van der Waals surface area contributed by atoms with E-state index in [0.29, 0.717) is 25.9 Å². The summed E-state index contributed by atoms with van der Waals surface area (Å²) in [6.45, 7) is 1.05. The molecule has 1 aromatic carbocycles. The van der Waals surface area contributed by atoms with Crippen molar-refractivity contribution in [3.63, 3.8) is 0 Å². The Morgan fingerprint density at radius 3 is 2.76 bits per heavy atom. The number of carbonyl (C=O) groups excluding carboxylic acids is 1. The zero-order valence-corrected chi connectivity index (χ0v) is 11.8. The van der Waals surface area contributed by atoms with Crippen molar-refractivity contribution < 1.29 is 9.53 Å². The zero-order valence-electron chi connectivity index (χ0n) is 11.8. The molecule has 3 rings (SSSR count). The Morgan fingerprint density at radius 1 is 1.29 bits per heavy atom. The van der Waals surface area contributed by atoms with Crippen molar-refractivity contribution in [2.24, 2.45) is 0 Å². The molecule has 0 saturated carbocycles. The Labute approximate surface area is 121 Å². The SMILES string of the molecule is COc1ccc(CC(=O)N2CCc3c([nH][nH]c3=O)C2)cc1. The molecule has 6 nitrogen and oxygen atoms in total. The lowest BCUT2D eigenvalue weighted by atomic mass is 10.1. The van der Waals surface area contributed by atoms with Crippen LogP contribution in [0, 0.1) is 0 Å². The van der Waals surface area contributed by atoms with E-state index in [2.05, 4.69) is 10.2 Å². The highest BCUT2D eigenvalue weighted by Gasteiger charge is 2.23. The maximum Gasteiger partial charge on any atom is 0.267 e. The highest BCUT2D eigenvalue weighted by Crippen LogP contribution is 2.16. The van der Waals surface area contributed by atoms with E-state index in [1.807, 2.05) is 24.3 Å². The monoisotopic (exact) mass is 287 g/mol. The number of methoxy groups -OCH3 is 1. The summed E-state index contributed by atoms with van der Waals surface area (Å²) in [6.07, 6.45) is 0.955. The molecular weight excluding hydrogens is 270 g/mol. The average molecular weight is 287 g/mol. The average Bonchev–Trinajstić information content (AvgIpc) is 2.89. The van der Waals surface area contributed by atoms with E-state index in [1.165, 1.54) is 0 Å². The van der Waals surface area contributed by atoms with Crippen LogP contribution in [0.5, 0.6) is 5.75 Å². The van der Waals surface area contributed by atoms with Crippen LogP contribution in [-0.4, -0.2) is 34.7 Å². The molecule has 1 aliphatic heterocycles. The van der Waals surface area contributed by atoms with Gasteiger partial charge < -0.3 is 14.7 Å². The molecule has 2 heterocycles. The van der Waals surface area contributed by atoms with Gasteiger partial charge in [-0.15, -0.1) is 0 Å². The van der Waals surface area contributed by atoms with E-state index in [0.717, 1.165) is 22.6 Å². The van der Waals surface area contributed by atoms with E-state index in [9.17, 15) is 9.59 Å². The minimum atomic E-state index is -0.0766. The maximum atomic E-state index is 12.3. The van der Waals surface area contributed by atoms with Gasteiger partial charge in [0.2, 0.25) is 5.91 Å². The predicted octanol–water partition coefficient (Wildman–Crippen LogP) is 0.839. The fourth-order valence-corrected chi connectivity index (χ4v) is 2.58. The molecule has 0 unspecified atom stereocenters. The molecule has 2 N–H and O–H groups in total. The van der Waals surface area contributed by atoms with E-state index in [1.54, 1.807) is 12.0 Å². The van der Waals surface area contributed by atoms with Crippen LogP contribution in [0.4, 0.5) is 0 Å². The van der Waals surface area contributed by atoms with Crippen LogP contribution in [0.3, 0.4) is 0 Å². The number of aromatic nitrogens is 2. The molecule has 1 aromatic heterocycles. The van der Waals surface area contributed by atoms with E-state index < -0.39 is 0 Å².